The van der Waals surface area contributed by atoms with Crippen LogP contribution in [0.3, 0.4) is 0 Å². The average Bonchev–Trinajstić information content (AvgIpc) is 1.83. The predicted molar refractivity (Wildman–Crippen MR) is 35.6 cm³/mol. The van der Waals surface area contributed by atoms with Gasteiger partial charge >= 0.3 is 5.97 Å². The van der Waals surface area contributed by atoms with Gasteiger partial charge in [0.25, 0.3) is 0 Å². The smallest absolute Gasteiger partial charge is 0.329 e. The summed E-state index contributed by atoms with van der Waals surface area (Å²) in [5, 5.41) is 0. The molecule has 0 fully saturated rings. The fraction of sp³-hybridized carbons (Fsp3) is 0.250. The van der Waals surface area contributed by atoms with Gasteiger partial charge in [0, 0.05) is 6.08 Å². The zero-order valence-corrected chi connectivity index (χ0v) is 6.73. The Balaban J connectivity index is 3.37. The van der Waals surface area contributed by atoms with E-state index in [1.54, 1.807) is 5.70 Å². The Morgan fingerprint density at radius 3 is 2.88 bits per heavy atom. The maximum atomic E-state index is 10.2. The Morgan fingerprint density at radius 2 is 2.50 bits per heavy atom. The molecule has 0 aromatic heterocycles. The molecule has 0 radical (unpaired) electrons. The van der Waals surface area contributed by atoms with Crippen LogP contribution in [0.15, 0.2) is 11.8 Å². The molecular weight excluding hydrogens is 144 g/mol. The first-order valence-electron chi connectivity index (χ1n) is 2.11. The summed E-state index contributed by atoms with van der Waals surface area (Å²) in [6, 6.07) is 0. The first-order valence-corrected chi connectivity index (χ1v) is 5.07. The molecule has 0 saturated carbocycles. The second-order valence-electron chi connectivity index (χ2n) is 1.08. The van der Waals surface area contributed by atoms with Crippen molar-refractivity contribution in [3.8, 4) is 0 Å². The van der Waals surface area contributed by atoms with Gasteiger partial charge < -0.3 is 4.74 Å². The lowest BCUT2D eigenvalue weighted by molar-refractivity contribution is -0.134. The molecule has 46 valence electrons. The van der Waals surface area contributed by atoms with Crippen molar-refractivity contribution >= 4 is 25.9 Å². The van der Waals surface area contributed by atoms with E-state index in [0.717, 1.165) is 0 Å². The highest BCUT2D eigenvalue weighted by atomic mass is 35.6. The van der Waals surface area contributed by atoms with Crippen LogP contribution in [-0.2, 0) is 9.53 Å². The Kier molecular flexibility index (Phi) is 4.69. The van der Waals surface area contributed by atoms with Crippen molar-refractivity contribution in [2.45, 2.75) is 0 Å². The molecule has 4 heteroatoms. The lowest BCUT2D eigenvalue weighted by Crippen LogP contribution is -1.93. The quantitative estimate of drug-likeness (QED) is 0.240. The molecule has 0 aliphatic heterocycles. The zero-order chi connectivity index (χ0) is 6.41. The monoisotopic (exact) mass is 150 g/mol. The van der Waals surface area contributed by atoms with Crippen LogP contribution in [0, 0.1) is 0 Å². The van der Waals surface area contributed by atoms with Crippen LogP contribution in [0.25, 0.3) is 0 Å². The maximum absolute atomic E-state index is 10.2. The number of rotatable bonds is 2. The highest BCUT2D eigenvalue weighted by molar-refractivity contribution is 6.96. The van der Waals surface area contributed by atoms with Crippen LogP contribution in [0.1, 0.15) is 0 Å². The van der Waals surface area contributed by atoms with Crippen molar-refractivity contribution in [2.24, 2.45) is 0 Å². The van der Waals surface area contributed by atoms with Crippen LogP contribution in [0.2, 0.25) is 0 Å². The summed E-state index contributed by atoms with van der Waals surface area (Å²) < 4.78 is 4.29. The van der Waals surface area contributed by atoms with E-state index in [-0.39, 0.29) is 5.97 Å². The van der Waals surface area contributed by atoms with Gasteiger partial charge in [-0.2, -0.15) is 11.1 Å². The molecule has 0 aromatic rings. The molecule has 0 heterocycles. The second-order valence-corrected chi connectivity index (χ2v) is 2.79. The van der Waals surface area contributed by atoms with Crippen molar-refractivity contribution in [2.75, 3.05) is 7.11 Å². The summed E-state index contributed by atoms with van der Waals surface area (Å²) >= 11 is 5.35. The zero-order valence-electron chi connectivity index (χ0n) is 4.56. The van der Waals surface area contributed by atoms with Crippen LogP contribution in [0.5, 0.6) is 0 Å². The van der Waals surface area contributed by atoms with E-state index in [9.17, 15) is 4.79 Å². The van der Waals surface area contributed by atoms with Gasteiger partial charge in [-0.15, -0.1) is 0 Å². The molecule has 2 nitrogen and oxygen atoms in total. The molecule has 0 rings (SSSR count). The summed E-state index contributed by atoms with van der Waals surface area (Å²) in [7, 11) is 0.688. The lowest BCUT2D eigenvalue weighted by atomic mass is 10.7. The minimum Gasteiger partial charge on any atom is -0.466 e. The van der Waals surface area contributed by atoms with Crippen molar-refractivity contribution in [1.82, 2.24) is 0 Å². The van der Waals surface area contributed by atoms with Crippen LogP contribution >= 0.6 is 11.1 Å². The normalized spacial score (nSPS) is 11.2. The molecule has 0 N–H and O–H groups in total. The summed E-state index contributed by atoms with van der Waals surface area (Å²) in [6.45, 7) is 0. The van der Waals surface area contributed by atoms with Gasteiger partial charge in [0.05, 0.1) is 7.11 Å². The Morgan fingerprint density at radius 1 is 1.88 bits per heavy atom. The highest BCUT2D eigenvalue weighted by Gasteiger charge is 1.86. The fourth-order valence-corrected chi connectivity index (χ4v) is 0.758. The Labute approximate surface area is 55.0 Å². The van der Waals surface area contributed by atoms with Crippen LogP contribution in [0.4, 0.5) is 0 Å². The third-order valence-corrected chi connectivity index (χ3v) is 1.49. The minimum atomic E-state index is -0.647. The molecule has 8 heavy (non-hydrogen) atoms. The van der Waals surface area contributed by atoms with E-state index < -0.39 is 8.83 Å². The van der Waals surface area contributed by atoms with Gasteiger partial charge in [-0.25, -0.2) is 4.79 Å². The highest BCUT2D eigenvalue weighted by Crippen LogP contribution is 1.77. The van der Waals surface area contributed by atoms with Crippen molar-refractivity contribution in [3.05, 3.63) is 11.8 Å². The topological polar surface area (TPSA) is 26.3 Å². The van der Waals surface area contributed by atoms with E-state index in [1.165, 1.54) is 13.2 Å². The maximum Gasteiger partial charge on any atom is 0.329 e. The molecule has 0 amide bonds. The van der Waals surface area contributed by atoms with Crippen molar-refractivity contribution in [1.29, 1.82) is 0 Å². The van der Waals surface area contributed by atoms with Gasteiger partial charge in [0.1, 0.15) is 8.83 Å². The number of hydrogen-bond donors (Lipinski definition) is 0. The number of ether oxygens (including phenoxy) is 1. The first-order chi connectivity index (χ1) is 3.81. The van der Waals surface area contributed by atoms with Gasteiger partial charge in [0.2, 0.25) is 0 Å². The fourth-order valence-electron chi connectivity index (χ4n) is 0.209. The minimum absolute atomic E-state index is 0.335. The van der Waals surface area contributed by atoms with E-state index in [1.807, 2.05) is 0 Å². The van der Waals surface area contributed by atoms with Gasteiger partial charge in [-0.1, -0.05) is 5.70 Å². The molecule has 0 spiro atoms. The SMILES string of the molecule is COC(=O)C=C[SiH2]Cl. The number of methoxy groups -OCH3 is 1. The number of carbonyl (C=O) groups is 1. The summed E-state index contributed by atoms with van der Waals surface area (Å²) in [5.74, 6) is -0.335. The van der Waals surface area contributed by atoms with E-state index in [2.05, 4.69) is 4.74 Å². The standard InChI is InChI=1S/C4H7ClO2Si/c1-7-4(6)2-3-8-5/h2-3H,8H2,1H3. The first kappa shape index (κ1) is 7.72. The van der Waals surface area contributed by atoms with Crippen molar-refractivity contribution in [3.63, 3.8) is 0 Å². The van der Waals surface area contributed by atoms with E-state index >= 15 is 0 Å². The molecule has 0 atom stereocenters. The summed E-state index contributed by atoms with van der Waals surface area (Å²) in [5.41, 5.74) is 1.66. The number of carbonyl (C=O) groups excluding carboxylic acids is 1. The number of halogens is 1. The van der Waals surface area contributed by atoms with Gasteiger partial charge in [-0.05, 0) is 0 Å². The van der Waals surface area contributed by atoms with Crippen LogP contribution < -0.4 is 0 Å². The molecule has 0 aliphatic carbocycles. The van der Waals surface area contributed by atoms with E-state index in [4.69, 9.17) is 11.1 Å². The summed E-state index contributed by atoms with van der Waals surface area (Å²) in [4.78, 5) is 10.2. The molecule has 0 aromatic carbocycles. The lowest BCUT2D eigenvalue weighted by Gasteiger charge is -1.85. The molecule has 0 saturated heterocycles. The summed E-state index contributed by atoms with van der Waals surface area (Å²) in [6.07, 6.45) is 1.35. The van der Waals surface area contributed by atoms with Crippen LogP contribution in [-0.4, -0.2) is 21.9 Å². The van der Waals surface area contributed by atoms with Crippen molar-refractivity contribution < 1.29 is 9.53 Å². The third kappa shape index (κ3) is 3.89. The Bertz CT molecular complexity index is 102. The molecule has 0 aliphatic rings. The average molecular weight is 151 g/mol. The molecule has 0 unspecified atom stereocenters. The predicted octanol–water partition coefficient (Wildman–Crippen LogP) is -0.00430. The number of hydrogen-bond acceptors (Lipinski definition) is 2. The number of esters is 1. The molecular formula is C4H7ClO2Si. The Hall–Kier alpha value is -0.283. The molecule has 0 bridgehead atoms. The third-order valence-electron chi connectivity index (χ3n) is 0.544. The van der Waals surface area contributed by atoms with Gasteiger partial charge in [0.15, 0.2) is 0 Å². The largest absolute Gasteiger partial charge is 0.466 e. The second kappa shape index (κ2) is 4.87. The van der Waals surface area contributed by atoms with Gasteiger partial charge in [-0.3, -0.25) is 0 Å². The van der Waals surface area contributed by atoms with E-state index in [0.29, 0.717) is 0 Å².